The maximum Gasteiger partial charge on any atom is 0.0735 e. The van der Waals surface area contributed by atoms with E-state index in [0.29, 0.717) is 5.37 Å². The van der Waals surface area contributed by atoms with Gasteiger partial charge < -0.3 is 5.32 Å². The van der Waals surface area contributed by atoms with E-state index in [1.807, 2.05) is 11.8 Å². The Kier molecular flexibility index (Phi) is 1.22. The second-order valence-electron chi connectivity index (χ2n) is 2.66. The molecule has 1 aliphatic carbocycles. The van der Waals surface area contributed by atoms with Gasteiger partial charge in [0.15, 0.2) is 0 Å². The summed E-state index contributed by atoms with van der Waals surface area (Å²) in [4.78, 5) is 1.63. The topological polar surface area (TPSA) is 12.0 Å². The number of rotatable bonds is 0. The highest BCUT2D eigenvalue weighted by Crippen LogP contribution is 2.40. The van der Waals surface area contributed by atoms with Gasteiger partial charge in [0.25, 0.3) is 0 Å². The van der Waals surface area contributed by atoms with Gasteiger partial charge >= 0.3 is 0 Å². The summed E-state index contributed by atoms with van der Waals surface area (Å²) in [6.07, 6.45) is 4.00. The Balaban J connectivity index is 2.15. The molecule has 0 fully saturated rings. The summed E-state index contributed by atoms with van der Waals surface area (Å²) in [6.45, 7) is 2.23. The van der Waals surface area contributed by atoms with Crippen LogP contribution in [-0.2, 0) is 0 Å². The fourth-order valence-corrected chi connectivity index (χ4v) is 2.68. The van der Waals surface area contributed by atoms with Crippen LogP contribution in [0.1, 0.15) is 26.2 Å². The fraction of sp³-hybridized carbons (Fsp3) is 0.714. The van der Waals surface area contributed by atoms with Crippen molar-refractivity contribution in [3.05, 3.63) is 10.6 Å². The zero-order chi connectivity index (χ0) is 6.27. The maximum absolute atomic E-state index is 3.46. The molecular weight excluding hydrogens is 130 g/mol. The van der Waals surface area contributed by atoms with Gasteiger partial charge in [-0.1, -0.05) is 0 Å². The molecule has 0 spiro atoms. The van der Waals surface area contributed by atoms with Crippen molar-refractivity contribution in [3.63, 3.8) is 0 Å². The van der Waals surface area contributed by atoms with Gasteiger partial charge in [0.2, 0.25) is 0 Å². The van der Waals surface area contributed by atoms with E-state index in [1.54, 1.807) is 4.91 Å². The average molecular weight is 141 g/mol. The Labute approximate surface area is 59.9 Å². The second-order valence-corrected chi connectivity index (χ2v) is 4.10. The summed E-state index contributed by atoms with van der Waals surface area (Å²) < 4.78 is 0. The second kappa shape index (κ2) is 1.94. The largest absolute Gasteiger partial charge is 0.376 e. The average Bonchev–Trinajstić information content (AvgIpc) is 2.22. The highest BCUT2D eigenvalue weighted by atomic mass is 32.2. The Bertz CT molecular complexity index is 146. The summed E-state index contributed by atoms with van der Waals surface area (Å²) >= 11 is 2.00. The van der Waals surface area contributed by atoms with Crippen molar-refractivity contribution >= 4 is 11.8 Å². The van der Waals surface area contributed by atoms with Gasteiger partial charge in [-0.15, -0.1) is 11.8 Å². The molecule has 9 heavy (non-hydrogen) atoms. The third-order valence-electron chi connectivity index (χ3n) is 1.86. The molecule has 0 saturated carbocycles. The summed E-state index contributed by atoms with van der Waals surface area (Å²) in [7, 11) is 0. The predicted octanol–water partition coefficient (Wildman–Crippen LogP) is 2.06. The van der Waals surface area contributed by atoms with Crippen molar-refractivity contribution in [3.8, 4) is 0 Å². The van der Waals surface area contributed by atoms with Crippen molar-refractivity contribution in [2.24, 2.45) is 0 Å². The molecule has 2 heteroatoms. The SMILES string of the molecule is CC1NC2=C(CCC2)S1. The van der Waals surface area contributed by atoms with E-state index in [-0.39, 0.29) is 0 Å². The Morgan fingerprint density at radius 3 is 3.22 bits per heavy atom. The quantitative estimate of drug-likeness (QED) is 0.554. The predicted molar refractivity (Wildman–Crippen MR) is 41.1 cm³/mol. The van der Waals surface area contributed by atoms with Crippen LogP contribution in [0.4, 0.5) is 0 Å². The van der Waals surface area contributed by atoms with Crippen LogP contribution >= 0.6 is 11.8 Å². The third-order valence-corrected chi connectivity index (χ3v) is 3.07. The van der Waals surface area contributed by atoms with Crippen molar-refractivity contribution in [2.45, 2.75) is 31.6 Å². The maximum atomic E-state index is 3.46. The van der Waals surface area contributed by atoms with Gasteiger partial charge in [-0.25, -0.2) is 0 Å². The zero-order valence-electron chi connectivity index (χ0n) is 5.61. The van der Waals surface area contributed by atoms with Crippen LogP contribution in [-0.4, -0.2) is 5.37 Å². The highest BCUT2D eigenvalue weighted by molar-refractivity contribution is 8.03. The standard InChI is InChI=1S/C7H11NS/c1-5-8-6-3-2-4-7(6)9-5/h5,8H,2-4H2,1H3. The Morgan fingerprint density at radius 2 is 2.44 bits per heavy atom. The van der Waals surface area contributed by atoms with Gasteiger partial charge in [-0.05, 0) is 26.2 Å². The number of hydrogen-bond donors (Lipinski definition) is 1. The zero-order valence-corrected chi connectivity index (χ0v) is 6.42. The summed E-state index contributed by atoms with van der Waals surface area (Å²) in [6, 6.07) is 0. The van der Waals surface area contributed by atoms with Crippen LogP contribution in [0.5, 0.6) is 0 Å². The molecule has 0 saturated heterocycles. The number of hydrogen-bond acceptors (Lipinski definition) is 2. The first kappa shape index (κ1) is 5.66. The monoisotopic (exact) mass is 141 g/mol. The highest BCUT2D eigenvalue weighted by Gasteiger charge is 2.23. The summed E-state index contributed by atoms with van der Waals surface area (Å²) in [5.74, 6) is 0. The summed E-state index contributed by atoms with van der Waals surface area (Å²) in [5, 5.41) is 4.11. The van der Waals surface area contributed by atoms with Crippen molar-refractivity contribution in [1.29, 1.82) is 0 Å². The van der Waals surface area contributed by atoms with E-state index in [9.17, 15) is 0 Å². The lowest BCUT2D eigenvalue weighted by atomic mass is 10.3. The first-order valence-corrected chi connectivity index (χ1v) is 4.39. The molecule has 0 aromatic heterocycles. The molecule has 1 N–H and O–H groups in total. The molecule has 50 valence electrons. The fourth-order valence-electron chi connectivity index (χ4n) is 1.49. The first-order chi connectivity index (χ1) is 4.36. The Hall–Kier alpha value is -0.110. The molecule has 0 aromatic rings. The minimum Gasteiger partial charge on any atom is -0.376 e. The third kappa shape index (κ3) is 0.855. The normalized spacial score (nSPS) is 32.8. The Morgan fingerprint density at radius 1 is 1.56 bits per heavy atom. The molecule has 1 atom stereocenters. The number of thioether (sulfide) groups is 1. The molecule has 0 radical (unpaired) electrons. The van der Waals surface area contributed by atoms with Crippen LogP contribution in [0, 0.1) is 0 Å². The van der Waals surface area contributed by atoms with Crippen LogP contribution < -0.4 is 5.32 Å². The number of allylic oxidation sites excluding steroid dienone is 2. The molecule has 1 nitrogen and oxygen atoms in total. The number of nitrogens with one attached hydrogen (secondary N) is 1. The van der Waals surface area contributed by atoms with Gasteiger partial charge in [0, 0.05) is 10.6 Å². The van der Waals surface area contributed by atoms with Crippen molar-refractivity contribution < 1.29 is 0 Å². The lowest BCUT2D eigenvalue weighted by Gasteiger charge is -2.05. The van der Waals surface area contributed by atoms with E-state index in [0.717, 1.165) is 0 Å². The minimum absolute atomic E-state index is 0.648. The van der Waals surface area contributed by atoms with Crippen LogP contribution in [0.3, 0.4) is 0 Å². The molecule has 2 aliphatic rings. The van der Waals surface area contributed by atoms with Crippen LogP contribution in [0.15, 0.2) is 10.6 Å². The lowest BCUT2D eigenvalue weighted by molar-refractivity contribution is 0.760. The van der Waals surface area contributed by atoms with E-state index >= 15 is 0 Å². The lowest BCUT2D eigenvalue weighted by Crippen LogP contribution is -2.15. The van der Waals surface area contributed by atoms with E-state index < -0.39 is 0 Å². The van der Waals surface area contributed by atoms with E-state index in [1.165, 1.54) is 25.0 Å². The van der Waals surface area contributed by atoms with Crippen molar-refractivity contribution in [1.82, 2.24) is 5.32 Å². The van der Waals surface area contributed by atoms with Gasteiger partial charge in [0.1, 0.15) is 0 Å². The minimum atomic E-state index is 0.648. The first-order valence-electron chi connectivity index (χ1n) is 3.51. The molecule has 1 unspecified atom stereocenters. The molecule has 1 heterocycles. The molecule has 1 aliphatic heterocycles. The smallest absolute Gasteiger partial charge is 0.0735 e. The van der Waals surface area contributed by atoms with E-state index in [2.05, 4.69) is 12.2 Å². The molecule has 0 bridgehead atoms. The van der Waals surface area contributed by atoms with Crippen molar-refractivity contribution in [2.75, 3.05) is 0 Å². The molecule has 0 aromatic carbocycles. The molecule has 0 amide bonds. The van der Waals surface area contributed by atoms with Crippen LogP contribution in [0.25, 0.3) is 0 Å². The molecular formula is C7H11NS. The molecule has 2 rings (SSSR count). The van der Waals surface area contributed by atoms with Gasteiger partial charge in [-0.3, -0.25) is 0 Å². The van der Waals surface area contributed by atoms with Gasteiger partial charge in [-0.2, -0.15) is 0 Å². The van der Waals surface area contributed by atoms with Gasteiger partial charge in [0.05, 0.1) is 5.37 Å². The van der Waals surface area contributed by atoms with E-state index in [4.69, 9.17) is 0 Å². The summed E-state index contributed by atoms with van der Waals surface area (Å²) in [5.41, 5.74) is 1.53. The van der Waals surface area contributed by atoms with Crippen LogP contribution in [0.2, 0.25) is 0 Å².